The molecule has 1 aliphatic rings. The fourth-order valence-corrected chi connectivity index (χ4v) is 6.48. The quantitative estimate of drug-likeness (QED) is 0.272. The summed E-state index contributed by atoms with van der Waals surface area (Å²) in [6.45, 7) is 3.71. The van der Waals surface area contributed by atoms with E-state index in [0.717, 1.165) is 24.4 Å². The Morgan fingerprint density at radius 1 is 1.06 bits per heavy atom. The molecule has 0 radical (unpaired) electrons. The van der Waals surface area contributed by atoms with Gasteiger partial charge in [0.1, 0.15) is 4.75 Å². The number of esters is 1. The van der Waals surface area contributed by atoms with Gasteiger partial charge in [-0.2, -0.15) is 0 Å². The molecule has 3 aromatic carbocycles. The third kappa shape index (κ3) is 4.69. The van der Waals surface area contributed by atoms with E-state index in [9.17, 15) is 4.79 Å². The van der Waals surface area contributed by atoms with Gasteiger partial charge in [-0.15, -0.1) is 11.8 Å². The summed E-state index contributed by atoms with van der Waals surface area (Å²) in [5, 5.41) is 0. The van der Waals surface area contributed by atoms with Gasteiger partial charge in [-0.25, -0.2) is 0 Å². The Morgan fingerprint density at radius 3 is 2.42 bits per heavy atom. The van der Waals surface area contributed by atoms with Crippen LogP contribution in [0, 0.1) is 10.5 Å². The molecule has 0 saturated carbocycles. The maximum Gasteiger partial charge on any atom is 0.324 e. The van der Waals surface area contributed by atoms with Gasteiger partial charge in [0, 0.05) is 21.6 Å². The summed E-state index contributed by atoms with van der Waals surface area (Å²) in [5.41, 5.74) is 3.64. The molecule has 3 nitrogen and oxygen atoms in total. The van der Waals surface area contributed by atoms with E-state index in [1.165, 1.54) is 27.4 Å². The molecule has 0 spiro atoms. The first-order valence-electron chi connectivity index (χ1n) is 10.4. The molecule has 1 heterocycles. The minimum atomic E-state index is -0.708. The smallest absolute Gasteiger partial charge is 0.324 e. The van der Waals surface area contributed by atoms with E-state index in [1.807, 2.05) is 6.07 Å². The summed E-state index contributed by atoms with van der Waals surface area (Å²) in [7, 11) is 1.51. The van der Waals surface area contributed by atoms with Crippen molar-refractivity contribution < 1.29 is 9.53 Å². The summed E-state index contributed by atoms with van der Waals surface area (Å²) >= 11 is 4.04. The summed E-state index contributed by atoms with van der Waals surface area (Å²) in [4.78, 5) is 17.0. The lowest BCUT2D eigenvalue weighted by Crippen LogP contribution is -2.42. The van der Waals surface area contributed by atoms with E-state index in [1.54, 1.807) is 11.8 Å². The lowest BCUT2D eigenvalue weighted by Gasteiger charge is -2.36. The van der Waals surface area contributed by atoms with Gasteiger partial charge in [0.15, 0.2) is 0 Å². The average molecular weight is 543 g/mol. The molecule has 1 saturated heterocycles. The van der Waals surface area contributed by atoms with Crippen molar-refractivity contribution in [3.05, 3.63) is 99.1 Å². The number of hydrogen-bond donors (Lipinski definition) is 0. The SMILES string of the molecule is COC(=O)[C@@]1(Sc2ccc(C)cc2)CCN(Cc2ccccc2)[C@@H]1c1ccccc1I. The maximum atomic E-state index is 13.4. The summed E-state index contributed by atoms with van der Waals surface area (Å²) in [6, 6.07) is 27.2. The summed E-state index contributed by atoms with van der Waals surface area (Å²) in [6.07, 6.45) is 0.737. The largest absolute Gasteiger partial charge is 0.468 e. The number of ether oxygens (including phenoxy) is 1. The maximum absolute atomic E-state index is 13.4. The Balaban J connectivity index is 1.80. The minimum Gasteiger partial charge on any atom is -0.468 e. The van der Waals surface area contributed by atoms with Crippen molar-refractivity contribution in [3.63, 3.8) is 0 Å². The second-order valence-corrected chi connectivity index (χ2v) is 10.5. The average Bonchev–Trinajstić information content (AvgIpc) is 3.14. The summed E-state index contributed by atoms with van der Waals surface area (Å²) in [5.74, 6) is -0.154. The van der Waals surface area contributed by atoms with Crippen molar-refractivity contribution in [2.45, 2.75) is 35.6 Å². The molecular formula is C26H26INO2S. The van der Waals surface area contributed by atoms with E-state index < -0.39 is 4.75 Å². The van der Waals surface area contributed by atoms with Crippen molar-refractivity contribution in [1.29, 1.82) is 0 Å². The van der Waals surface area contributed by atoms with E-state index in [2.05, 4.69) is 107 Å². The monoisotopic (exact) mass is 543 g/mol. The lowest BCUT2D eigenvalue weighted by atomic mass is 9.92. The van der Waals surface area contributed by atoms with Crippen LogP contribution in [0.25, 0.3) is 0 Å². The van der Waals surface area contributed by atoms with Gasteiger partial charge >= 0.3 is 5.97 Å². The Bertz CT molecular complexity index is 1040. The molecule has 0 aliphatic carbocycles. The molecule has 2 atom stereocenters. The van der Waals surface area contributed by atoms with Gasteiger partial charge in [-0.05, 0) is 65.3 Å². The third-order valence-electron chi connectivity index (χ3n) is 5.86. The van der Waals surface area contributed by atoms with Gasteiger partial charge in [0.2, 0.25) is 0 Å². The van der Waals surface area contributed by atoms with Crippen LogP contribution in [-0.4, -0.2) is 29.3 Å². The standard InChI is InChI=1S/C26H26INO2S/c1-19-12-14-21(15-13-19)31-26(25(29)30-2)16-17-28(18-20-8-4-3-5-9-20)24(26)22-10-6-7-11-23(22)27/h3-15,24H,16-18H2,1-2H3/t24-,26-/m1/s1. The molecule has 0 aromatic heterocycles. The van der Waals surface area contributed by atoms with Crippen molar-refractivity contribution in [2.75, 3.05) is 13.7 Å². The van der Waals surface area contributed by atoms with Gasteiger partial charge in [-0.3, -0.25) is 9.69 Å². The first-order chi connectivity index (χ1) is 15.0. The molecule has 0 unspecified atom stereocenters. The number of halogens is 1. The number of thioether (sulfide) groups is 1. The number of carbonyl (C=O) groups is 1. The first kappa shape index (κ1) is 22.4. The highest BCUT2D eigenvalue weighted by atomic mass is 127. The fraction of sp³-hybridized carbons (Fsp3) is 0.269. The number of methoxy groups -OCH3 is 1. The van der Waals surface area contributed by atoms with Crippen molar-refractivity contribution in [2.24, 2.45) is 0 Å². The number of nitrogens with zero attached hydrogens (tertiary/aromatic N) is 1. The van der Waals surface area contributed by atoms with Crippen LogP contribution in [0.5, 0.6) is 0 Å². The zero-order valence-corrected chi connectivity index (χ0v) is 20.7. The molecule has 0 amide bonds. The molecular weight excluding hydrogens is 517 g/mol. The van der Waals surface area contributed by atoms with E-state index in [4.69, 9.17) is 4.74 Å². The highest BCUT2D eigenvalue weighted by molar-refractivity contribution is 14.1. The van der Waals surface area contributed by atoms with Crippen molar-refractivity contribution >= 4 is 40.3 Å². The molecule has 5 heteroatoms. The van der Waals surface area contributed by atoms with Gasteiger partial charge < -0.3 is 4.74 Å². The van der Waals surface area contributed by atoms with Gasteiger partial charge in [0.25, 0.3) is 0 Å². The molecule has 31 heavy (non-hydrogen) atoms. The van der Waals surface area contributed by atoms with E-state index in [-0.39, 0.29) is 12.0 Å². The van der Waals surface area contributed by atoms with Crippen LogP contribution in [-0.2, 0) is 16.1 Å². The number of aryl methyl sites for hydroxylation is 1. The van der Waals surface area contributed by atoms with E-state index >= 15 is 0 Å². The summed E-state index contributed by atoms with van der Waals surface area (Å²) < 4.78 is 5.90. The van der Waals surface area contributed by atoms with Gasteiger partial charge in [0.05, 0.1) is 13.2 Å². The number of benzene rings is 3. The number of hydrogen-bond acceptors (Lipinski definition) is 4. The van der Waals surface area contributed by atoms with Crippen molar-refractivity contribution in [1.82, 2.24) is 4.90 Å². The van der Waals surface area contributed by atoms with Crippen LogP contribution in [0.2, 0.25) is 0 Å². The zero-order valence-electron chi connectivity index (χ0n) is 17.8. The molecule has 1 fully saturated rings. The Labute approximate surface area is 202 Å². The van der Waals surface area contributed by atoms with Crippen molar-refractivity contribution in [3.8, 4) is 0 Å². The third-order valence-corrected chi connectivity index (χ3v) is 8.31. The zero-order chi connectivity index (χ0) is 21.8. The molecule has 0 N–H and O–H groups in total. The highest BCUT2D eigenvalue weighted by Crippen LogP contribution is 2.53. The lowest BCUT2D eigenvalue weighted by molar-refractivity contribution is -0.144. The second-order valence-electron chi connectivity index (χ2n) is 7.93. The van der Waals surface area contributed by atoms with E-state index in [0.29, 0.717) is 0 Å². The second kappa shape index (κ2) is 9.76. The molecule has 160 valence electrons. The predicted molar refractivity (Wildman–Crippen MR) is 135 cm³/mol. The number of carbonyl (C=O) groups excluding carboxylic acids is 1. The molecule has 3 aromatic rings. The predicted octanol–water partition coefficient (Wildman–Crippen LogP) is 6.25. The normalized spacial score (nSPS) is 21.2. The Hall–Kier alpha value is -1.83. The molecule has 1 aliphatic heterocycles. The fourth-order valence-electron chi connectivity index (χ4n) is 4.36. The van der Waals surface area contributed by atoms with Crippen LogP contribution >= 0.6 is 34.4 Å². The van der Waals surface area contributed by atoms with Crippen LogP contribution in [0.4, 0.5) is 0 Å². The van der Waals surface area contributed by atoms with Crippen LogP contribution in [0.1, 0.15) is 29.2 Å². The Kier molecular flexibility index (Phi) is 7.04. The minimum absolute atomic E-state index is 0.0837. The number of rotatable bonds is 6. The Morgan fingerprint density at radius 2 is 1.74 bits per heavy atom. The first-order valence-corrected chi connectivity index (χ1v) is 12.3. The van der Waals surface area contributed by atoms with Crippen LogP contribution in [0.3, 0.4) is 0 Å². The van der Waals surface area contributed by atoms with Gasteiger partial charge in [-0.1, -0.05) is 66.2 Å². The highest BCUT2D eigenvalue weighted by Gasteiger charge is 2.55. The molecule has 0 bridgehead atoms. The topological polar surface area (TPSA) is 29.5 Å². The number of likely N-dealkylation sites (tertiary alicyclic amines) is 1. The van der Waals surface area contributed by atoms with Crippen LogP contribution < -0.4 is 0 Å². The van der Waals surface area contributed by atoms with Crippen LogP contribution in [0.15, 0.2) is 83.8 Å². The molecule has 4 rings (SSSR count).